The van der Waals surface area contributed by atoms with Gasteiger partial charge in [-0.3, -0.25) is 10.1 Å². The number of imidazole rings is 1. The first-order chi connectivity index (χ1) is 15.1. The highest BCUT2D eigenvalue weighted by Crippen LogP contribution is 2.25. The molecule has 0 aliphatic carbocycles. The van der Waals surface area contributed by atoms with Crippen LogP contribution in [0.1, 0.15) is 18.9 Å². The maximum atomic E-state index is 11.2. The second-order valence-corrected chi connectivity index (χ2v) is 7.99. The maximum absolute atomic E-state index is 11.2. The summed E-state index contributed by atoms with van der Waals surface area (Å²) in [6.45, 7) is 3.71. The van der Waals surface area contributed by atoms with Crippen molar-refractivity contribution in [2.24, 2.45) is 4.99 Å². The minimum absolute atomic E-state index is 0.0855. The monoisotopic (exact) mass is 433 g/mol. The highest BCUT2D eigenvalue weighted by molar-refractivity contribution is 7.07. The van der Waals surface area contributed by atoms with E-state index in [9.17, 15) is 10.1 Å². The molecule has 0 N–H and O–H groups in total. The molecule has 0 radical (unpaired) electrons. The van der Waals surface area contributed by atoms with Gasteiger partial charge in [0, 0.05) is 48.6 Å². The van der Waals surface area contributed by atoms with E-state index in [0.29, 0.717) is 0 Å². The normalized spacial score (nSPS) is 11.7. The second kappa shape index (κ2) is 9.53. The molecule has 2 aromatic heterocycles. The smallest absolute Gasteiger partial charge is 0.270 e. The molecular weight excluding hydrogens is 410 g/mol. The van der Waals surface area contributed by atoms with E-state index >= 15 is 0 Å². The van der Waals surface area contributed by atoms with Crippen molar-refractivity contribution in [3.63, 3.8) is 0 Å². The van der Waals surface area contributed by atoms with Crippen LogP contribution in [-0.4, -0.2) is 19.0 Å². The highest BCUT2D eigenvalue weighted by Gasteiger charge is 2.12. The van der Waals surface area contributed by atoms with Gasteiger partial charge in [-0.25, -0.2) is 9.98 Å². The number of benzene rings is 2. The molecule has 0 fully saturated rings. The van der Waals surface area contributed by atoms with E-state index in [1.165, 1.54) is 11.6 Å². The SMILES string of the molecule is CCc1ccc(N=c2scc(-c3cccc([N+](=O)[O-])c3)n2CCCn2ccnc2)cc1. The van der Waals surface area contributed by atoms with Gasteiger partial charge in [0.15, 0.2) is 4.80 Å². The molecule has 4 rings (SSSR count). The topological polar surface area (TPSA) is 78.2 Å². The van der Waals surface area contributed by atoms with Crippen LogP contribution in [0.3, 0.4) is 0 Å². The molecule has 158 valence electrons. The van der Waals surface area contributed by atoms with Crippen LogP contribution in [0, 0.1) is 10.1 Å². The average molecular weight is 434 g/mol. The van der Waals surface area contributed by atoms with Gasteiger partial charge >= 0.3 is 0 Å². The number of aryl methyl sites for hydroxylation is 2. The summed E-state index contributed by atoms with van der Waals surface area (Å²) in [6.07, 6.45) is 7.40. The number of non-ortho nitro benzene ring substituents is 1. The average Bonchev–Trinajstić information content (AvgIpc) is 3.45. The summed E-state index contributed by atoms with van der Waals surface area (Å²) in [5.41, 5.74) is 4.00. The minimum atomic E-state index is -0.361. The molecule has 0 aliphatic rings. The Hall–Kier alpha value is -3.52. The predicted octanol–water partition coefficient (Wildman–Crippen LogP) is 5.21. The molecular formula is C23H23N5O2S. The van der Waals surface area contributed by atoms with Crippen molar-refractivity contribution in [3.05, 3.63) is 93.1 Å². The molecule has 0 saturated carbocycles. The molecule has 2 aromatic carbocycles. The number of rotatable bonds is 8. The summed E-state index contributed by atoms with van der Waals surface area (Å²) in [6, 6.07) is 15.0. The van der Waals surface area contributed by atoms with Gasteiger partial charge in [0.2, 0.25) is 0 Å². The standard InChI is InChI=1S/C23H23N5O2S/c1-2-18-7-9-20(10-8-18)25-23-27(13-4-12-26-14-11-24-17-26)22(16-31-23)19-5-3-6-21(15-19)28(29)30/h3,5-11,14-17H,2,4,12-13H2,1H3. The molecule has 31 heavy (non-hydrogen) atoms. The molecule has 0 saturated heterocycles. The Morgan fingerprint density at radius 1 is 1.16 bits per heavy atom. The largest absolute Gasteiger partial charge is 0.337 e. The maximum Gasteiger partial charge on any atom is 0.270 e. The fourth-order valence-corrected chi connectivity index (χ4v) is 4.35. The first-order valence-corrected chi connectivity index (χ1v) is 11.0. The Kier molecular flexibility index (Phi) is 6.37. The molecule has 0 atom stereocenters. The molecule has 0 unspecified atom stereocenters. The Labute approximate surface area is 184 Å². The third-order valence-corrected chi connectivity index (χ3v) is 5.94. The summed E-state index contributed by atoms with van der Waals surface area (Å²) in [7, 11) is 0. The number of nitro groups is 1. The molecule has 0 amide bonds. The Morgan fingerprint density at radius 2 is 2.00 bits per heavy atom. The first kappa shape index (κ1) is 20.7. The van der Waals surface area contributed by atoms with Crippen LogP contribution in [0.25, 0.3) is 11.3 Å². The molecule has 8 heteroatoms. The van der Waals surface area contributed by atoms with Gasteiger partial charge in [-0.1, -0.05) is 31.2 Å². The number of hydrogen-bond donors (Lipinski definition) is 0. The summed E-state index contributed by atoms with van der Waals surface area (Å²) >= 11 is 1.55. The van der Waals surface area contributed by atoms with Crippen LogP contribution in [0.4, 0.5) is 11.4 Å². The van der Waals surface area contributed by atoms with Gasteiger partial charge in [-0.15, -0.1) is 11.3 Å². The summed E-state index contributed by atoms with van der Waals surface area (Å²) < 4.78 is 4.19. The number of hydrogen-bond acceptors (Lipinski definition) is 5. The first-order valence-electron chi connectivity index (χ1n) is 10.2. The van der Waals surface area contributed by atoms with Gasteiger partial charge in [0.05, 0.1) is 22.6 Å². The lowest BCUT2D eigenvalue weighted by atomic mass is 10.1. The van der Waals surface area contributed by atoms with E-state index in [0.717, 1.165) is 47.7 Å². The van der Waals surface area contributed by atoms with Crippen molar-refractivity contribution < 1.29 is 4.92 Å². The molecule has 0 spiro atoms. The van der Waals surface area contributed by atoms with Gasteiger partial charge < -0.3 is 9.13 Å². The quantitative estimate of drug-likeness (QED) is 0.283. The molecule has 2 heterocycles. The number of nitrogens with zero attached hydrogens (tertiary/aromatic N) is 5. The summed E-state index contributed by atoms with van der Waals surface area (Å²) in [5, 5.41) is 13.3. The zero-order chi connectivity index (χ0) is 21.6. The zero-order valence-corrected chi connectivity index (χ0v) is 18.0. The van der Waals surface area contributed by atoms with Crippen molar-refractivity contribution in [1.82, 2.24) is 14.1 Å². The van der Waals surface area contributed by atoms with Gasteiger partial charge in [-0.05, 0) is 30.5 Å². The van der Waals surface area contributed by atoms with Gasteiger partial charge in [0.25, 0.3) is 5.69 Å². The molecule has 0 bridgehead atoms. The number of nitro benzene ring substituents is 1. The fourth-order valence-electron chi connectivity index (χ4n) is 3.39. The lowest BCUT2D eigenvalue weighted by Gasteiger charge is -2.10. The van der Waals surface area contributed by atoms with Crippen molar-refractivity contribution in [3.8, 4) is 11.3 Å². The van der Waals surface area contributed by atoms with Crippen LogP contribution in [0.2, 0.25) is 0 Å². The summed E-state index contributed by atoms with van der Waals surface area (Å²) in [4.78, 5) is 20.7. The van der Waals surface area contributed by atoms with Crippen LogP contribution < -0.4 is 4.80 Å². The highest BCUT2D eigenvalue weighted by atomic mass is 32.1. The van der Waals surface area contributed by atoms with Crippen LogP contribution in [0.5, 0.6) is 0 Å². The zero-order valence-electron chi connectivity index (χ0n) is 17.2. The van der Waals surface area contributed by atoms with Crippen LogP contribution in [-0.2, 0) is 19.5 Å². The number of aromatic nitrogens is 3. The lowest BCUT2D eigenvalue weighted by Crippen LogP contribution is -2.17. The van der Waals surface area contributed by atoms with E-state index in [-0.39, 0.29) is 10.6 Å². The minimum Gasteiger partial charge on any atom is -0.337 e. The van der Waals surface area contributed by atoms with Crippen LogP contribution in [0.15, 0.2) is 77.6 Å². The van der Waals surface area contributed by atoms with Crippen molar-refractivity contribution >= 4 is 22.7 Å². The van der Waals surface area contributed by atoms with E-state index in [1.807, 2.05) is 34.3 Å². The van der Waals surface area contributed by atoms with Gasteiger partial charge in [-0.2, -0.15) is 0 Å². The molecule has 0 aliphatic heterocycles. The third-order valence-electron chi connectivity index (χ3n) is 5.08. The van der Waals surface area contributed by atoms with E-state index in [2.05, 4.69) is 28.6 Å². The Balaban J connectivity index is 1.71. The Bertz CT molecular complexity index is 1220. The molecule has 7 nitrogen and oxygen atoms in total. The second-order valence-electron chi connectivity index (χ2n) is 7.15. The molecule has 4 aromatic rings. The van der Waals surface area contributed by atoms with E-state index in [4.69, 9.17) is 4.99 Å². The summed E-state index contributed by atoms with van der Waals surface area (Å²) in [5.74, 6) is 0. The fraction of sp³-hybridized carbons (Fsp3) is 0.217. The third kappa shape index (κ3) is 4.97. The van der Waals surface area contributed by atoms with Crippen molar-refractivity contribution in [1.29, 1.82) is 0 Å². The Morgan fingerprint density at radius 3 is 2.71 bits per heavy atom. The van der Waals surface area contributed by atoms with E-state index in [1.54, 1.807) is 36.0 Å². The van der Waals surface area contributed by atoms with Crippen LogP contribution >= 0.6 is 11.3 Å². The predicted molar refractivity (Wildman–Crippen MR) is 122 cm³/mol. The number of thiazole rings is 1. The van der Waals surface area contributed by atoms with Crippen molar-refractivity contribution in [2.75, 3.05) is 0 Å². The van der Waals surface area contributed by atoms with Crippen molar-refractivity contribution in [2.45, 2.75) is 32.9 Å². The van der Waals surface area contributed by atoms with E-state index < -0.39 is 0 Å². The van der Waals surface area contributed by atoms with Gasteiger partial charge in [0.1, 0.15) is 0 Å². The lowest BCUT2D eigenvalue weighted by molar-refractivity contribution is -0.384.